The molecule has 0 aromatic heterocycles. The molecule has 240 valence electrons. The lowest BCUT2D eigenvalue weighted by Gasteiger charge is -2.37. The highest BCUT2D eigenvalue weighted by atomic mass is 35.5. The number of fused-ring (bicyclic) bond motifs is 1. The monoisotopic (exact) mass is 629 g/mol. The van der Waals surface area contributed by atoms with E-state index in [1.54, 1.807) is 34.9 Å². The fourth-order valence-corrected chi connectivity index (χ4v) is 7.27. The Morgan fingerprint density at radius 2 is 2.05 bits per heavy atom. The molecule has 0 radical (unpaired) electrons. The molecule has 1 aromatic carbocycles. The van der Waals surface area contributed by atoms with E-state index in [0.29, 0.717) is 55.7 Å². The Kier molecular flexibility index (Phi) is 11.3. The van der Waals surface area contributed by atoms with Crippen LogP contribution in [-0.4, -0.2) is 83.8 Å². The molecule has 3 aliphatic rings. The van der Waals surface area contributed by atoms with E-state index in [9.17, 15) is 24.3 Å². The largest absolute Gasteiger partial charge is 0.460 e. The highest BCUT2D eigenvalue weighted by Gasteiger charge is 2.75. The highest BCUT2D eigenvalue weighted by Crippen LogP contribution is 2.59. The van der Waals surface area contributed by atoms with Crippen molar-refractivity contribution in [1.82, 2.24) is 10.2 Å². The lowest BCUT2D eigenvalue weighted by Crippen LogP contribution is -2.56. The van der Waals surface area contributed by atoms with E-state index in [0.717, 1.165) is 5.56 Å². The summed E-state index contributed by atoms with van der Waals surface area (Å²) in [5.41, 5.74) is 0.138. The van der Waals surface area contributed by atoms with E-state index in [1.165, 1.54) is 0 Å². The van der Waals surface area contributed by atoms with E-state index >= 15 is 0 Å². The zero-order valence-corrected chi connectivity index (χ0v) is 26.4. The number of aryl methyl sites for hydroxylation is 1. The molecule has 1 spiro atoms. The molecule has 44 heavy (non-hydrogen) atoms. The number of allylic oxidation sites excluding steroid dienone is 1. The third-order valence-corrected chi connectivity index (χ3v) is 9.18. The maximum atomic E-state index is 14.6. The van der Waals surface area contributed by atoms with Gasteiger partial charge in [0.1, 0.15) is 17.7 Å². The van der Waals surface area contributed by atoms with Crippen molar-refractivity contribution in [1.29, 1.82) is 0 Å². The molecule has 2 N–H and O–H groups in total. The van der Waals surface area contributed by atoms with Crippen molar-refractivity contribution < 1.29 is 33.8 Å². The number of likely N-dealkylation sites (tertiary alicyclic amines) is 1. The lowest BCUT2D eigenvalue weighted by atomic mass is 9.70. The number of aliphatic hydroxyl groups is 1. The average molecular weight is 630 g/mol. The number of nitrogens with zero attached hydrogens (tertiary/aromatic N) is 2. The highest BCUT2D eigenvalue weighted by molar-refractivity contribution is 6.34. The second-order valence-corrected chi connectivity index (χ2v) is 12.3. The van der Waals surface area contributed by atoms with Gasteiger partial charge in [0.15, 0.2) is 0 Å². The van der Waals surface area contributed by atoms with Crippen molar-refractivity contribution in [3.8, 4) is 0 Å². The van der Waals surface area contributed by atoms with Crippen LogP contribution in [0.4, 0.5) is 5.69 Å². The summed E-state index contributed by atoms with van der Waals surface area (Å²) >= 11 is 6.61. The Morgan fingerprint density at radius 1 is 1.27 bits per heavy atom. The number of halogens is 1. The molecule has 1 aromatic rings. The number of hydrogen-bond donors (Lipinski definition) is 2. The van der Waals surface area contributed by atoms with Gasteiger partial charge in [-0.3, -0.25) is 19.2 Å². The Balaban J connectivity index is 1.62. The quantitative estimate of drug-likeness (QED) is 0.162. The lowest BCUT2D eigenvalue weighted by molar-refractivity contribution is -0.159. The number of hydrogen-bond acceptors (Lipinski definition) is 7. The number of carbonyl (C=O) groups excluding carboxylic acids is 4. The maximum Gasteiger partial charge on any atom is 0.312 e. The van der Waals surface area contributed by atoms with Crippen LogP contribution in [0, 0.1) is 18.8 Å². The van der Waals surface area contributed by atoms with E-state index in [4.69, 9.17) is 21.1 Å². The number of anilines is 1. The second kappa shape index (κ2) is 14.7. The fraction of sp³-hybridized carbons (Fsp3) is 0.576. The zero-order valence-electron chi connectivity index (χ0n) is 25.6. The minimum Gasteiger partial charge on any atom is -0.460 e. The Morgan fingerprint density at radius 3 is 2.73 bits per heavy atom. The van der Waals surface area contributed by atoms with Crippen molar-refractivity contribution in [3.63, 3.8) is 0 Å². The van der Waals surface area contributed by atoms with E-state index in [2.05, 4.69) is 18.5 Å². The Bertz CT molecular complexity index is 1250. The molecule has 4 rings (SSSR count). The van der Waals surface area contributed by atoms with Crippen molar-refractivity contribution in [3.05, 3.63) is 54.1 Å². The molecule has 0 aliphatic carbocycles. The first-order chi connectivity index (χ1) is 21.1. The summed E-state index contributed by atoms with van der Waals surface area (Å²) < 4.78 is 12.3. The predicted octanol–water partition coefficient (Wildman–Crippen LogP) is 3.72. The summed E-state index contributed by atoms with van der Waals surface area (Å²) in [7, 11) is 0. The number of esters is 1. The number of benzene rings is 1. The van der Waals surface area contributed by atoms with Crippen molar-refractivity contribution in [2.24, 2.45) is 11.8 Å². The first-order valence-electron chi connectivity index (χ1n) is 15.5. The van der Waals surface area contributed by atoms with Crippen LogP contribution in [-0.2, 0) is 28.7 Å². The van der Waals surface area contributed by atoms with Crippen molar-refractivity contribution >= 4 is 41.0 Å². The van der Waals surface area contributed by atoms with Crippen LogP contribution in [0.25, 0.3) is 0 Å². The number of para-hydroxylation sites is 1. The smallest absolute Gasteiger partial charge is 0.312 e. The minimum atomic E-state index is -1.20. The van der Waals surface area contributed by atoms with E-state index in [1.807, 2.05) is 19.1 Å². The summed E-state index contributed by atoms with van der Waals surface area (Å²) in [5.74, 6) is -3.14. The van der Waals surface area contributed by atoms with Gasteiger partial charge in [-0.2, -0.15) is 0 Å². The van der Waals surface area contributed by atoms with Gasteiger partial charge < -0.3 is 29.7 Å². The van der Waals surface area contributed by atoms with Crippen LogP contribution in [0.1, 0.15) is 57.4 Å². The van der Waals surface area contributed by atoms with Gasteiger partial charge in [0.2, 0.25) is 11.8 Å². The molecular formula is C33H44ClN3O7. The first kappa shape index (κ1) is 33.7. The number of carbonyl (C=O) groups is 4. The molecule has 0 unspecified atom stereocenters. The zero-order chi connectivity index (χ0) is 32.0. The average Bonchev–Trinajstić information content (AvgIpc) is 3.63. The van der Waals surface area contributed by atoms with Crippen LogP contribution >= 0.6 is 11.6 Å². The van der Waals surface area contributed by atoms with Gasteiger partial charge >= 0.3 is 5.97 Å². The van der Waals surface area contributed by atoms with Crippen LogP contribution in [0.5, 0.6) is 0 Å². The molecule has 0 saturated carbocycles. The Labute approximate surface area is 264 Å². The summed E-state index contributed by atoms with van der Waals surface area (Å²) in [6, 6.07) is 4.41. The SMILES string of the molecule is C=CCCC(=O)NC[C@@H](C)OC(=O)[C@@H]1[C@@H]2CC[C@]3(O2)[C@H](C(=O)N(CC=C)c2c(C)cccc2Cl)N(CCCCCO)C(=O)[C@@H]13. The number of nitrogens with one attached hydrogen (secondary N) is 1. The number of ether oxygens (including phenoxy) is 2. The molecule has 3 heterocycles. The third kappa shape index (κ3) is 6.57. The number of rotatable bonds is 16. The first-order valence-corrected chi connectivity index (χ1v) is 15.8. The number of aliphatic hydroxyl groups excluding tert-OH is 1. The van der Waals surface area contributed by atoms with Crippen molar-refractivity contribution in [2.75, 3.05) is 31.1 Å². The van der Waals surface area contributed by atoms with Crippen LogP contribution in [0.15, 0.2) is 43.5 Å². The van der Waals surface area contributed by atoms with Gasteiger partial charge in [-0.1, -0.05) is 35.9 Å². The van der Waals surface area contributed by atoms with Crippen LogP contribution in [0.2, 0.25) is 5.02 Å². The second-order valence-electron chi connectivity index (χ2n) is 11.9. The summed E-state index contributed by atoms with van der Waals surface area (Å²) in [6.45, 7) is 11.6. The van der Waals surface area contributed by atoms with Gasteiger partial charge in [0.25, 0.3) is 5.91 Å². The molecular weight excluding hydrogens is 586 g/mol. The van der Waals surface area contributed by atoms with Gasteiger partial charge in [-0.15, -0.1) is 13.2 Å². The molecule has 6 atom stereocenters. The number of unbranched alkanes of at least 4 members (excludes halogenated alkanes) is 2. The Hall–Kier alpha value is -3.21. The topological polar surface area (TPSA) is 125 Å². The normalized spacial score (nSPS) is 25.8. The molecule has 3 fully saturated rings. The van der Waals surface area contributed by atoms with Gasteiger partial charge in [0.05, 0.1) is 35.2 Å². The molecule has 2 bridgehead atoms. The number of amides is 3. The van der Waals surface area contributed by atoms with Crippen molar-refractivity contribution in [2.45, 2.75) is 82.6 Å². The summed E-state index contributed by atoms with van der Waals surface area (Å²) in [6.07, 6.45) is 5.70. The van der Waals surface area contributed by atoms with Crippen LogP contribution < -0.4 is 10.2 Å². The van der Waals surface area contributed by atoms with Gasteiger partial charge in [-0.25, -0.2) is 0 Å². The standard InChI is InChI=1S/C33H44ClN3O7/c1-5-7-14-25(39)35-20-22(4)43-32(42)26-24-15-16-33(44-24)27(26)30(40)37(18-9-8-10-19-38)29(33)31(41)36(17-6-2)28-21(3)12-11-13-23(28)34/h5-6,11-13,22,24,26-27,29,38H,1-2,7-10,14-20H2,3-4H3,(H,35,39)/t22-,24+,26-,27-,29+,33-/m1/s1. The summed E-state index contributed by atoms with van der Waals surface area (Å²) in [5, 5.41) is 12.4. The summed E-state index contributed by atoms with van der Waals surface area (Å²) in [4.78, 5) is 57.6. The third-order valence-electron chi connectivity index (χ3n) is 8.88. The van der Waals surface area contributed by atoms with E-state index < -0.39 is 41.7 Å². The van der Waals surface area contributed by atoms with Crippen LogP contribution in [0.3, 0.4) is 0 Å². The fourth-order valence-electron chi connectivity index (χ4n) is 6.94. The molecule has 3 aliphatic heterocycles. The maximum absolute atomic E-state index is 14.6. The molecule has 3 amide bonds. The van der Waals surface area contributed by atoms with Gasteiger partial charge in [-0.05, 0) is 64.0 Å². The minimum absolute atomic E-state index is 0.0351. The molecule has 11 heteroatoms. The van der Waals surface area contributed by atoms with Gasteiger partial charge in [0, 0.05) is 26.1 Å². The molecule has 3 saturated heterocycles. The molecule has 10 nitrogen and oxygen atoms in total. The van der Waals surface area contributed by atoms with E-state index in [-0.39, 0.29) is 44.0 Å². The predicted molar refractivity (Wildman–Crippen MR) is 167 cm³/mol.